The molecule has 1 aromatic heterocycles. The summed E-state index contributed by atoms with van der Waals surface area (Å²) in [6.07, 6.45) is 5.31. The highest BCUT2D eigenvalue weighted by atomic mass is 127. The summed E-state index contributed by atoms with van der Waals surface area (Å²) >= 11 is 0. The van der Waals surface area contributed by atoms with E-state index in [1.54, 1.807) is 6.26 Å². The van der Waals surface area contributed by atoms with Gasteiger partial charge in [-0.1, -0.05) is 6.92 Å². The molecule has 1 aromatic rings. The molecule has 0 aromatic carbocycles. The van der Waals surface area contributed by atoms with Gasteiger partial charge in [-0.15, -0.1) is 24.0 Å². The van der Waals surface area contributed by atoms with Crippen LogP contribution in [0.5, 0.6) is 0 Å². The van der Waals surface area contributed by atoms with Gasteiger partial charge in [-0.25, -0.2) is 0 Å². The number of guanidine groups is 1. The first-order valence-corrected chi connectivity index (χ1v) is 9.03. The lowest BCUT2D eigenvalue weighted by molar-refractivity contribution is 0.206. The monoisotopic (exact) mass is 463 g/mol. The van der Waals surface area contributed by atoms with Gasteiger partial charge in [-0.2, -0.15) is 0 Å². The number of likely N-dealkylation sites (tertiary alicyclic amines) is 1. The lowest BCUT2D eigenvalue weighted by Crippen LogP contribution is -2.49. The van der Waals surface area contributed by atoms with Crippen molar-refractivity contribution < 1.29 is 4.42 Å². The molecule has 25 heavy (non-hydrogen) atoms. The van der Waals surface area contributed by atoms with Crippen molar-refractivity contribution >= 4 is 29.9 Å². The Labute approximate surface area is 169 Å². The maximum atomic E-state index is 5.56. The van der Waals surface area contributed by atoms with E-state index in [1.807, 2.05) is 19.2 Å². The lowest BCUT2D eigenvalue weighted by atomic mass is 10.1. The van der Waals surface area contributed by atoms with Crippen molar-refractivity contribution in [2.24, 2.45) is 4.99 Å². The van der Waals surface area contributed by atoms with E-state index in [-0.39, 0.29) is 30.0 Å². The predicted octanol–water partition coefficient (Wildman–Crippen LogP) is 2.54. The van der Waals surface area contributed by atoms with Gasteiger partial charge in [0, 0.05) is 32.7 Å². The molecule has 1 saturated heterocycles. The van der Waals surface area contributed by atoms with Gasteiger partial charge in [0.1, 0.15) is 5.76 Å². The average molecular weight is 463 g/mol. The van der Waals surface area contributed by atoms with E-state index >= 15 is 0 Å². The van der Waals surface area contributed by atoms with Crippen molar-refractivity contribution in [2.75, 3.05) is 47.3 Å². The first-order valence-electron chi connectivity index (χ1n) is 9.03. The molecular formula is C18H34IN5O. The van der Waals surface area contributed by atoms with E-state index in [0.717, 1.165) is 18.3 Å². The van der Waals surface area contributed by atoms with Crippen LogP contribution in [0.1, 0.15) is 38.0 Å². The third kappa shape index (κ3) is 7.15. The minimum absolute atomic E-state index is 0. The van der Waals surface area contributed by atoms with Gasteiger partial charge in [-0.3, -0.25) is 9.89 Å². The quantitative estimate of drug-likeness (QED) is 0.370. The topological polar surface area (TPSA) is 56.0 Å². The van der Waals surface area contributed by atoms with Crippen LogP contribution in [0.25, 0.3) is 0 Å². The number of rotatable bonds is 7. The highest BCUT2D eigenvalue weighted by Gasteiger charge is 2.21. The molecular weight excluding hydrogens is 429 g/mol. The van der Waals surface area contributed by atoms with Gasteiger partial charge in [0.25, 0.3) is 0 Å². The number of nitrogens with one attached hydrogen (secondary N) is 2. The molecule has 0 amide bonds. The van der Waals surface area contributed by atoms with Gasteiger partial charge in [0.05, 0.1) is 12.3 Å². The van der Waals surface area contributed by atoms with Crippen LogP contribution in [0.4, 0.5) is 0 Å². The fourth-order valence-corrected chi connectivity index (χ4v) is 3.22. The van der Waals surface area contributed by atoms with Crippen molar-refractivity contribution in [3.8, 4) is 0 Å². The number of aliphatic imine (C=N–C) groups is 1. The Bertz CT molecular complexity index is 484. The summed E-state index contributed by atoms with van der Waals surface area (Å²) in [5.74, 6) is 1.85. The van der Waals surface area contributed by atoms with Crippen LogP contribution in [-0.4, -0.2) is 69.1 Å². The summed E-state index contributed by atoms with van der Waals surface area (Å²) in [6, 6.07) is 4.64. The Kier molecular flexibility index (Phi) is 10.4. The van der Waals surface area contributed by atoms with Crippen LogP contribution >= 0.6 is 24.0 Å². The summed E-state index contributed by atoms with van der Waals surface area (Å²) in [7, 11) is 5.96. The van der Waals surface area contributed by atoms with Gasteiger partial charge in [-0.05, 0) is 52.0 Å². The lowest BCUT2D eigenvalue weighted by Gasteiger charge is -2.33. The van der Waals surface area contributed by atoms with Gasteiger partial charge in [0.15, 0.2) is 5.96 Å². The van der Waals surface area contributed by atoms with Crippen molar-refractivity contribution in [3.05, 3.63) is 24.2 Å². The second-order valence-corrected chi connectivity index (χ2v) is 6.71. The number of likely N-dealkylation sites (N-methyl/N-ethyl adjacent to an activating group) is 1. The minimum atomic E-state index is 0. The Morgan fingerprint density at radius 1 is 1.40 bits per heavy atom. The molecule has 1 atom stereocenters. The van der Waals surface area contributed by atoms with Crippen LogP contribution in [-0.2, 0) is 0 Å². The van der Waals surface area contributed by atoms with Crippen LogP contribution in [0, 0.1) is 0 Å². The highest BCUT2D eigenvalue weighted by Crippen LogP contribution is 2.17. The molecule has 1 aliphatic rings. The zero-order valence-electron chi connectivity index (χ0n) is 16.0. The zero-order valence-corrected chi connectivity index (χ0v) is 18.3. The smallest absolute Gasteiger partial charge is 0.191 e. The Balaban J connectivity index is 0.00000312. The summed E-state index contributed by atoms with van der Waals surface area (Å²) < 4.78 is 5.56. The van der Waals surface area contributed by atoms with Crippen molar-refractivity contribution in [2.45, 2.75) is 38.3 Å². The molecule has 0 radical (unpaired) electrons. The number of hydrogen-bond acceptors (Lipinski definition) is 4. The van der Waals surface area contributed by atoms with Crippen LogP contribution in [0.3, 0.4) is 0 Å². The average Bonchev–Trinajstić information content (AvgIpc) is 3.09. The van der Waals surface area contributed by atoms with E-state index < -0.39 is 0 Å². The number of furan rings is 1. The second kappa shape index (κ2) is 11.7. The highest BCUT2D eigenvalue weighted by molar-refractivity contribution is 14.0. The third-order valence-corrected chi connectivity index (χ3v) is 4.65. The molecule has 2 heterocycles. The number of hydrogen-bond donors (Lipinski definition) is 2. The molecule has 0 spiro atoms. The standard InChI is InChI=1S/C18H33N5O.HI/c1-5-10-23-11-8-15(9-12-23)21-18(19-2)20-14-16(22(3)4)17-7-6-13-24-17;/h6-7,13,15-16H,5,8-12,14H2,1-4H3,(H2,19,20,21);1H. The largest absolute Gasteiger partial charge is 0.468 e. The van der Waals surface area contributed by atoms with Crippen molar-refractivity contribution in [1.82, 2.24) is 20.4 Å². The molecule has 2 N–H and O–H groups in total. The first kappa shape index (κ1) is 22.2. The number of piperidine rings is 1. The van der Waals surface area contributed by atoms with Crippen LogP contribution in [0.2, 0.25) is 0 Å². The molecule has 144 valence electrons. The van der Waals surface area contributed by atoms with E-state index in [0.29, 0.717) is 6.04 Å². The van der Waals surface area contributed by atoms with E-state index in [2.05, 4.69) is 46.4 Å². The fourth-order valence-electron chi connectivity index (χ4n) is 3.22. The van der Waals surface area contributed by atoms with Crippen LogP contribution < -0.4 is 10.6 Å². The SMILES string of the molecule is CCCN1CCC(NC(=NC)NCC(c2ccco2)N(C)C)CC1.I. The molecule has 6 nitrogen and oxygen atoms in total. The minimum Gasteiger partial charge on any atom is -0.468 e. The Morgan fingerprint density at radius 3 is 2.64 bits per heavy atom. The summed E-state index contributed by atoms with van der Waals surface area (Å²) in [5.41, 5.74) is 0. The van der Waals surface area contributed by atoms with Gasteiger partial charge < -0.3 is 20.0 Å². The normalized spacial score (nSPS) is 18.0. The Morgan fingerprint density at radius 2 is 2.12 bits per heavy atom. The van der Waals surface area contributed by atoms with Gasteiger partial charge >= 0.3 is 0 Å². The second-order valence-electron chi connectivity index (χ2n) is 6.71. The molecule has 7 heteroatoms. The number of halogens is 1. The Hall–Kier alpha value is -0.800. The van der Waals surface area contributed by atoms with E-state index in [1.165, 1.54) is 38.9 Å². The maximum absolute atomic E-state index is 5.56. The molecule has 2 rings (SSSR count). The van der Waals surface area contributed by atoms with Crippen molar-refractivity contribution in [1.29, 1.82) is 0 Å². The molecule has 0 saturated carbocycles. The van der Waals surface area contributed by atoms with E-state index in [4.69, 9.17) is 4.42 Å². The van der Waals surface area contributed by atoms with E-state index in [9.17, 15) is 0 Å². The first-order chi connectivity index (χ1) is 11.6. The maximum Gasteiger partial charge on any atom is 0.191 e. The molecule has 0 bridgehead atoms. The summed E-state index contributed by atoms with van der Waals surface area (Å²) in [4.78, 5) is 9.09. The molecule has 1 fully saturated rings. The molecule has 1 unspecified atom stereocenters. The molecule has 0 aliphatic carbocycles. The summed E-state index contributed by atoms with van der Waals surface area (Å²) in [6.45, 7) is 6.57. The van der Waals surface area contributed by atoms with Gasteiger partial charge in [0.2, 0.25) is 0 Å². The predicted molar refractivity (Wildman–Crippen MR) is 115 cm³/mol. The summed E-state index contributed by atoms with van der Waals surface area (Å²) in [5, 5.41) is 7.02. The number of nitrogens with zero attached hydrogens (tertiary/aromatic N) is 3. The molecule has 1 aliphatic heterocycles. The van der Waals surface area contributed by atoms with Crippen molar-refractivity contribution in [3.63, 3.8) is 0 Å². The zero-order chi connectivity index (χ0) is 17.4. The van der Waals surface area contributed by atoms with Crippen LogP contribution in [0.15, 0.2) is 27.8 Å². The third-order valence-electron chi connectivity index (χ3n) is 4.65. The fraction of sp³-hybridized carbons (Fsp3) is 0.722.